The molecule has 0 unspecified atom stereocenters. The molecule has 2 aromatic carbocycles. The first-order chi connectivity index (χ1) is 6.20. The van der Waals surface area contributed by atoms with Crippen LogP contribution >= 0.6 is 0 Å². The molecule has 68 valence electrons. The SMILES string of the molecule is CCc1cc2c(C)cc(C)cc2[cH-]1.[Li+]. The Morgan fingerprint density at radius 2 is 1.86 bits per heavy atom. The molecule has 1 heteroatoms. The first kappa shape index (κ1) is 11.5. The molecule has 0 saturated carbocycles. The molecule has 0 fully saturated rings. The zero-order chi connectivity index (χ0) is 9.42. The Labute approximate surface area is 97.9 Å². The average Bonchev–Trinajstić information content (AvgIpc) is 2.47. The summed E-state index contributed by atoms with van der Waals surface area (Å²) < 4.78 is 0. The summed E-state index contributed by atoms with van der Waals surface area (Å²) in [5.41, 5.74) is 4.21. The van der Waals surface area contributed by atoms with Gasteiger partial charge >= 0.3 is 18.9 Å². The van der Waals surface area contributed by atoms with Gasteiger partial charge in [0, 0.05) is 0 Å². The maximum atomic E-state index is 2.31. The second-order valence-corrected chi connectivity index (χ2v) is 3.80. The molecule has 0 amide bonds. The van der Waals surface area contributed by atoms with Gasteiger partial charge in [-0.25, -0.2) is 0 Å². The van der Waals surface area contributed by atoms with Gasteiger partial charge in [0.05, 0.1) is 0 Å². The third-order valence-corrected chi connectivity index (χ3v) is 2.64. The first-order valence-corrected chi connectivity index (χ1v) is 4.87. The summed E-state index contributed by atoms with van der Waals surface area (Å²) >= 11 is 0. The summed E-state index contributed by atoms with van der Waals surface area (Å²) in [6.07, 6.45) is 1.13. The summed E-state index contributed by atoms with van der Waals surface area (Å²) in [7, 11) is 0. The zero-order valence-electron chi connectivity index (χ0n) is 9.52. The molecule has 0 aliphatic rings. The monoisotopic (exact) mass is 178 g/mol. The van der Waals surface area contributed by atoms with Crippen LogP contribution in [0.4, 0.5) is 0 Å². The molecule has 0 aliphatic heterocycles. The minimum absolute atomic E-state index is 0. The summed E-state index contributed by atoms with van der Waals surface area (Å²) in [5, 5.41) is 2.82. The van der Waals surface area contributed by atoms with Crippen molar-refractivity contribution in [1.82, 2.24) is 0 Å². The average molecular weight is 178 g/mol. The van der Waals surface area contributed by atoms with E-state index in [-0.39, 0.29) is 18.9 Å². The van der Waals surface area contributed by atoms with E-state index in [4.69, 9.17) is 0 Å². The van der Waals surface area contributed by atoms with Crippen molar-refractivity contribution in [2.45, 2.75) is 27.2 Å². The summed E-state index contributed by atoms with van der Waals surface area (Å²) in [6, 6.07) is 9.13. The van der Waals surface area contributed by atoms with Crippen LogP contribution in [0.15, 0.2) is 24.3 Å². The predicted molar refractivity (Wildman–Crippen MR) is 58.4 cm³/mol. The van der Waals surface area contributed by atoms with Gasteiger partial charge in [-0.2, -0.15) is 6.07 Å². The van der Waals surface area contributed by atoms with Gasteiger partial charge in [-0.3, -0.25) is 0 Å². The largest absolute Gasteiger partial charge is 1.00 e. The summed E-state index contributed by atoms with van der Waals surface area (Å²) in [6.45, 7) is 6.55. The van der Waals surface area contributed by atoms with Gasteiger partial charge < -0.3 is 0 Å². The molecule has 0 atom stereocenters. The van der Waals surface area contributed by atoms with Gasteiger partial charge in [0.2, 0.25) is 0 Å². The van der Waals surface area contributed by atoms with Gasteiger partial charge in [0.15, 0.2) is 0 Å². The number of fused-ring (bicyclic) bond motifs is 1. The normalized spacial score (nSPS) is 10.2. The molecule has 14 heavy (non-hydrogen) atoms. The Bertz CT molecular complexity index is 438. The fourth-order valence-corrected chi connectivity index (χ4v) is 1.96. The van der Waals surface area contributed by atoms with E-state index in [2.05, 4.69) is 45.0 Å². The molecule has 0 nitrogen and oxygen atoms in total. The van der Waals surface area contributed by atoms with E-state index >= 15 is 0 Å². The van der Waals surface area contributed by atoms with Gasteiger partial charge in [-0.05, 0) is 20.3 Å². The second-order valence-electron chi connectivity index (χ2n) is 3.80. The standard InChI is InChI=1S/C13H15.Li/c1-4-11-7-12-6-9(2)5-10(3)13(12)8-11;/h5-8H,4H2,1-3H3;/q-1;+1. The number of hydrogen-bond acceptors (Lipinski definition) is 0. The van der Waals surface area contributed by atoms with Crippen LogP contribution in [0.3, 0.4) is 0 Å². The second kappa shape index (κ2) is 4.30. The summed E-state index contributed by atoms with van der Waals surface area (Å²) in [5.74, 6) is 0. The summed E-state index contributed by atoms with van der Waals surface area (Å²) in [4.78, 5) is 0. The third-order valence-electron chi connectivity index (χ3n) is 2.64. The molecule has 0 bridgehead atoms. The van der Waals surface area contributed by atoms with Crippen molar-refractivity contribution in [3.63, 3.8) is 0 Å². The Kier molecular flexibility index (Phi) is 3.53. The molecule has 0 spiro atoms. The molecule has 0 aliphatic carbocycles. The van der Waals surface area contributed by atoms with Crippen LogP contribution in [-0.2, 0) is 6.42 Å². The number of hydrogen-bond donors (Lipinski definition) is 0. The van der Waals surface area contributed by atoms with Crippen LogP contribution in [-0.4, -0.2) is 0 Å². The fourth-order valence-electron chi connectivity index (χ4n) is 1.96. The van der Waals surface area contributed by atoms with Crippen molar-refractivity contribution >= 4 is 10.8 Å². The van der Waals surface area contributed by atoms with E-state index in [1.807, 2.05) is 0 Å². The van der Waals surface area contributed by atoms with E-state index in [1.165, 1.54) is 27.5 Å². The van der Waals surface area contributed by atoms with E-state index in [1.54, 1.807) is 0 Å². The van der Waals surface area contributed by atoms with Crippen LogP contribution in [0, 0.1) is 13.8 Å². The van der Waals surface area contributed by atoms with Crippen LogP contribution in [0.5, 0.6) is 0 Å². The maximum absolute atomic E-state index is 2.31. The van der Waals surface area contributed by atoms with Crippen molar-refractivity contribution < 1.29 is 18.9 Å². The van der Waals surface area contributed by atoms with Crippen LogP contribution in [0.1, 0.15) is 23.6 Å². The topological polar surface area (TPSA) is 0 Å². The maximum Gasteiger partial charge on any atom is 1.00 e. The van der Waals surface area contributed by atoms with Crippen molar-refractivity contribution in [2.75, 3.05) is 0 Å². The van der Waals surface area contributed by atoms with Crippen molar-refractivity contribution in [1.29, 1.82) is 0 Å². The molecule has 0 N–H and O–H groups in total. The Morgan fingerprint density at radius 3 is 2.50 bits per heavy atom. The minimum Gasteiger partial charge on any atom is -0.165 e. The van der Waals surface area contributed by atoms with E-state index in [0.717, 1.165) is 6.42 Å². The Balaban J connectivity index is 0.000000980. The van der Waals surface area contributed by atoms with Crippen molar-refractivity contribution in [3.05, 3.63) is 41.0 Å². The quantitative estimate of drug-likeness (QED) is 0.446. The van der Waals surface area contributed by atoms with Crippen LogP contribution < -0.4 is 18.9 Å². The number of rotatable bonds is 1. The Hall–Kier alpha value is -0.573. The number of benzene rings is 1. The van der Waals surface area contributed by atoms with Gasteiger partial charge in [0.1, 0.15) is 0 Å². The molecule has 0 saturated heterocycles. The molecule has 0 heterocycles. The fraction of sp³-hybridized carbons (Fsp3) is 0.308. The molecule has 0 aromatic heterocycles. The van der Waals surface area contributed by atoms with Crippen LogP contribution in [0.25, 0.3) is 10.8 Å². The number of aryl methyl sites for hydroxylation is 3. The van der Waals surface area contributed by atoms with Crippen molar-refractivity contribution in [3.8, 4) is 0 Å². The van der Waals surface area contributed by atoms with E-state index in [0.29, 0.717) is 0 Å². The van der Waals surface area contributed by atoms with Crippen LogP contribution in [0.2, 0.25) is 0 Å². The molecular weight excluding hydrogens is 163 g/mol. The van der Waals surface area contributed by atoms with Gasteiger partial charge in [-0.1, -0.05) is 24.1 Å². The van der Waals surface area contributed by atoms with Gasteiger partial charge in [0.25, 0.3) is 0 Å². The van der Waals surface area contributed by atoms with E-state index < -0.39 is 0 Å². The first-order valence-electron chi connectivity index (χ1n) is 4.87. The molecule has 2 aromatic rings. The van der Waals surface area contributed by atoms with Gasteiger partial charge in [-0.15, -0.1) is 28.5 Å². The molecular formula is C13H15Li. The third kappa shape index (κ3) is 1.92. The smallest absolute Gasteiger partial charge is 0.165 e. The van der Waals surface area contributed by atoms with Crippen molar-refractivity contribution in [2.24, 2.45) is 0 Å². The van der Waals surface area contributed by atoms with E-state index in [9.17, 15) is 0 Å². The predicted octanol–water partition coefficient (Wildman–Crippen LogP) is 0.742. The molecule has 2 rings (SSSR count). The zero-order valence-corrected chi connectivity index (χ0v) is 9.52. The molecule has 0 radical (unpaired) electrons. The minimum atomic E-state index is 0. The Morgan fingerprint density at radius 1 is 1.14 bits per heavy atom.